The third kappa shape index (κ3) is 5.52. The Hall–Kier alpha value is -2.70. The van der Waals surface area contributed by atoms with E-state index < -0.39 is 9.84 Å². The van der Waals surface area contributed by atoms with E-state index in [9.17, 15) is 8.42 Å². The first-order valence-corrected chi connectivity index (χ1v) is 15.8. The average Bonchev–Trinajstić information content (AvgIpc) is 3.57. The molecule has 6 rings (SSSR count). The number of aromatic nitrogens is 5. The summed E-state index contributed by atoms with van der Waals surface area (Å²) in [6.45, 7) is 6.77. The van der Waals surface area contributed by atoms with Crippen molar-refractivity contribution in [3.63, 3.8) is 0 Å². The Bertz CT molecular complexity index is 1340. The molecule has 12 heteroatoms. The Morgan fingerprint density at radius 1 is 1.03 bits per heavy atom. The van der Waals surface area contributed by atoms with E-state index in [4.69, 9.17) is 14.7 Å². The van der Waals surface area contributed by atoms with Crippen molar-refractivity contribution in [2.24, 2.45) is 0 Å². The van der Waals surface area contributed by atoms with Crippen molar-refractivity contribution in [3.05, 3.63) is 24.7 Å². The molecule has 3 fully saturated rings. The Balaban J connectivity index is 1.16. The first kappa shape index (κ1) is 25.6. The third-order valence-corrected chi connectivity index (χ3v) is 10.0. The van der Waals surface area contributed by atoms with Gasteiger partial charge in [0.25, 0.3) is 0 Å². The van der Waals surface area contributed by atoms with Crippen LogP contribution in [0, 0.1) is 0 Å². The van der Waals surface area contributed by atoms with Crippen LogP contribution in [-0.2, 0) is 21.1 Å². The minimum absolute atomic E-state index is 0.0980. The number of anilines is 3. The second-order valence-corrected chi connectivity index (χ2v) is 13.1. The van der Waals surface area contributed by atoms with Crippen LogP contribution < -0.4 is 10.6 Å². The van der Waals surface area contributed by atoms with Crippen LogP contribution in [0.15, 0.2) is 24.7 Å². The van der Waals surface area contributed by atoms with Crippen LogP contribution in [0.1, 0.15) is 51.5 Å². The highest BCUT2D eigenvalue weighted by Crippen LogP contribution is 2.30. The molecule has 0 bridgehead atoms. The zero-order chi connectivity index (χ0) is 26.1. The topological polar surface area (TPSA) is 119 Å². The predicted octanol–water partition coefficient (Wildman–Crippen LogP) is 3.20. The summed E-state index contributed by atoms with van der Waals surface area (Å²) < 4.78 is 33.2. The number of nitrogens with zero attached hydrogens (tertiary/aromatic N) is 6. The zero-order valence-electron chi connectivity index (χ0n) is 22.1. The van der Waals surface area contributed by atoms with E-state index in [1.165, 1.54) is 12.8 Å². The van der Waals surface area contributed by atoms with Gasteiger partial charge in [-0.1, -0.05) is 0 Å². The van der Waals surface area contributed by atoms with E-state index in [0.29, 0.717) is 30.9 Å². The Kier molecular flexibility index (Phi) is 7.28. The summed E-state index contributed by atoms with van der Waals surface area (Å²) in [4.78, 5) is 12.3. The lowest BCUT2D eigenvalue weighted by atomic mass is 9.90. The molecular weight excluding hydrogens is 504 g/mol. The number of morpholine rings is 1. The van der Waals surface area contributed by atoms with Gasteiger partial charge in [0.05, 0.1) is 48.2 Å². The predicted molar refractivity (Wildman–Crippen MR) is 148 cm³/mol. The highest BCUT2D eigenvalue weighted by molar-refractivity contribution is 7.91. The molecule has 1 saturated carbocycles. The van der Waals surface area contributed by atoms with Crippen molar-refractivity contribution in [1.29, 1.82) is 0 Å². The van der Waals surface area contributed by atoms with E-state index in [0.717, 1.165) is 68.2 Å². The van der Waals surface area contributed by atoms with Gasteiger partial charge in [-0.05, 0) is 51.5 Å². The van der Waals surface area contributed by atoms with Crippen LogP contribution in [0.25, 0.3) is 11.0 Å². The molecule has 1 aliphatic carbocycles. The van der Waals surface area contributed by atoms with E-state index in [2.05, 4.69) is 38.3 Å². The third-order valence-electron chi connectivity index (χ3n) is 8.31. The van der Waals surface area contributed by atoms with Gasteiger partial charge in [0.2, 0.25) is 5.95 Å². The number of sulfone groups is 1. The summed E-state index contributed by atoms with van der Waals surface area (Å²) in [5.41, 5.74) is 2.73. The van der Waals surface area contributed by atoms with Crippen molar-refractivity contribution in [2.75, 3.05) is 48.4 Å². The van der Waals surface area contributed by atoms with Crippen LogP contribution in [0.5, 0.6) is 0 Å². The van der Waals surface area contributed by atoms with Crippen LogP contribution in [-0.4, -0.2) is 87.5 Å². The molecule has 0 spiro atoms. The molecular formula is C26H38N8O3S. The second kappa shape index (κ2) is 10.8. The van der Waals surface area contributed by atoms with Crippen molar-refractivity contribution >= 4 is 38.3 Å². The van der Waals surface area contributed by atoms with Crippen LogP contribution in [0.3, 0.4) is 0 Å². The molecule has 2 saturated heterocycles. The maximum atomic E-state index is 11.8. The van der Waals surface area contributed by atoms with Crippen LogP contribution in [0.4, 0.5) is 17.5 Å². The van der Waals surface area contributed by atoms with E-state index >= 15 is 0 Å². The molecule has 3 aliphatic rings. The largest absolute Gasteiger partial charge is 0.379 e. The Labute approximate surface area is 223 Å². The van der Waals surface area contributed by atoms with Gasteiger partial charge in [0.1, 0.15) is 15.4 Å². The minimum Gasteiger partial charge on any atom is -0.379 e. The van der Waals surface area contributed by atoms with Gasteiger partial charge in [-0.25, -0.2) is 13.4 Å². The summed E-state index contributed by atoms with van der Waals surface area (Å²) in [5, 5.41) is 11.6. The first-order valence-electron chi connectivity index (χ1n) is 13.9. The zero-order valence-corrected chi connectivity index (χ0v) is 22.9. The Morgan fingerprint density at radius 3 is 2.53 bits per heavy atom. The minimum atomic E-state index is -2.91. The number of aryl methyl sites for hydroxylation is 1. The van der Waals surface area contributed by atoms with Crippen molar-refractivity contribution in [3.8, 4) is 0 Å². The summed E-state index contributed by atoms with van der Waals surface area (Å²) in [6.07, 6.45) is 11.6. The number of rotatable bonds is 7. The lowest BCUT2D eigenvalue weighted by Gasteiger charge is -2.39. The van der Waals surface area contributed by atoms with E-state index in [1.807, 2.05) is 16.9 Å². The lowest BCUT2D eigenvalue weighted by Crippen LogP contribution is -2.46. The van der Waals surface area contributed by atoms with Gasteiger partial charge >= 0.3 is 0 Å². The molecule has 2 N–H and O–H groups in total. The normalized spacial score (nSPS) is 25.0. The van der Waals surface area contributed by atoms with Gasteiger partial charge in [-0.2, -0.15) is 10.1 Å². The van der Waals surface area contributed by atoms with Gasteiger partial charge in [0, 0.05) is 44.1 Å². The van der Waals surface area contributed by atoms with E-state index in [1.54, 1.807) is 6.20 Å². The molecule has 206 valence electrons. The quantitative estimate of drug-likeness (QED) is 0.464. The molecule has 0 radical (unpaired) electrons. The number of hydrogen-bond acceptors (Lipinski definition) is 9. The fraction of sp³-hybridized carbons (Fsp3) is 0.654. The second-order valence-electron chi connectivity index (χ2n) is 10.7. The maximum Gasteiger partial charge on any atom is 0.229 e. The number of ether oxygens (including phenoxy) is 1. The fourth-order valence-corrected chi connectivity index (χ4v) is 7.59. The molecule has 5 heterocycles. The van der Waals surface area contributed by atoms with E-state index in [-0.39, 0.29) is 17.5 Å². The molecule has 38 heavy (non-hydrogen) atoms. The van der Waals surface area contributed by atoms with Crippen LogP contribution in [0.2, 0.25) is 0 Å². The molecule has 3 aromatic heterocycles. The molecule has 0 amide bonds. The number of fused-ring (bicyclic) bond motifs is 1. The lowest BCUT2D eigenvalue weighted by molar-refractivity contribution is 0.00791. The van der Waals surface area contributed by atoms with Gasteiger partial charge in [-0.3, -0.25) is 9.58 Å². The summed E-state index contributed by atoms with van der Waals surface area (Å²) >= 11 is 0. The van der Waals surface area contributed by atoms with Gasteiger partial charge in [0.15, 0.2) is 5.82 Å². The summed E-state index contributed by atoms with van der Waals surface area (Å²) in [6, 6.07) is 3.17. The van der Waals surface area contributed by atoms with Gasteiger partial charge in [-0.15, -0.1) is 0 Å². The maximum absolute atomic E-state index is 11.8. The smallest absolute Gasteiger partial charge is 0.229 e. The molecule has 11 nitrogen and oxygen atoms in total. The SMILES string of the molecule is CCn1ccc2nc(Nc3cnn(C4CCS(=O)(=O)CC4)c3)nc(NC3CCC(N4CCOCC4)CC3)c21. The fourth-order valence-electron chi connectivity index (χ4n) is 6.12. The first-order chi connectivity index (χ1) is 18.5. The molecule has 0 unspecified atom stereocenters. The number of nitrogens with one attached hydrogen (secondary N) is 2. The standard InChI is InChI=1S/C26H38N8O3S/c1-2-32-10-7-23-24(32)25(28-19-3-5-21(6-4-19)33-11-13-37-14-12-33)31-26(30-23)29-20-17-27-34(18-20)22-8-15-38(35,36)16-9-22/h7,10,17-19,21-22H,2-6,8-9,11-16H2,1H3,(H2,28,29,30,31). The number of hydrogen-bond donors (Lipinski definition) is 2. The molecule has 2 aliphatic heterocycles. The molecule has 0 aromatic carbocycles. The van der Waals surface area contributed by atoms with Gasteiger partial charge < -0.3 is 19.9 Å². The highest BCUT2D eigenvalue weighted by atomic mass is 32.2. The summed E-state index contributed by atoms with van der Waals surface area (Å²) in [7, 11) is -2.91. The Morgan fingerprint density at radius 2 is 1.79 bits per heavy atom. The summed E-state index contributed by atoms with van der Waals surface area (Å²) in [5.74, 6) is 1.83. The highest BCUT2D eigenvalue weighted by Gasteiger charge is 2.28. The van der Waals surface area contributed by atoms with Crippen molar-refractivity contribution in [2.45, 2.75) is 70.1 Å². The average molecular weight is 543 g/mol. The monoisotopic (exact) mass is 542 g/mol. The van der Waals surface area contributed by atoms with Crippen molar-refractivity contribution < 1.29 is 13.2 Å². The van der Waals surface area contributed by atoms with Crippen LogP contribution >= 0.6 is 0 Å². The van der Waals surface area contributed by atoms with Crippen molar-refractivity contribution in [1.82, 2.24) is 29.2 Å². The molecule has 3 aromatic rings. The molecule has 0 atom stereocenters.